The number of nitrogens with one attached hydrogen (secondary N) is 1. The summed E-state index contributed by atoms with van der Waals surface area (Å²) >= 11 is 0. The van der Waals surface area contributed by atoms with Gasteiger partial charge in [-0.15, -0.1) is 0 Å². The Hall–Kier alpha value is -1.80. The lowest BCUT2D eigenvalue weighted by molar-refractivity contribution is 0.452. The third kappa shape index (κ3) is 3.58. The van der Waals surface area contributed by atoms with Crippen molar-refractivity contribution in [3.8, 4) is 5.75 Å². The van der Waals surface area contributed by atoms with E-state index in [1.807, 2.05) is 19.1 Å². The largest absolute Gasteiger partial charge is 0.508 e. The van der Waals surface area contributed by atoms with Gasteiger partial charge in [-0.05, 0) is 38.0 Å². The molecular weight excluding hydrogens is 234 g/mol. The van der Waals surface area contributed by atoms with Crippen LogP contribution in [0.25, 0.3) is 0 Å². The molecule has 0 aliphatic carbocycles. The van der Waals surface area contributed by atoms with Gasteiger partial charge < -0.3 is 10.4 Å². The third-order valence-electron chi connectivity index (χ3n) is 3.35. The summed E-state index contributed by atoms with van der Waals surface area (Å²) in [6.45, 7) is 6.95. The molecule has 2 heteroatoms. The fourth-order valence-corrected chi connectivity index (χ4v) is 2.22. The minimum atomic E-state index is 0.126. The molecule has 0 aromatic heterocycles. The van der Waals surface area contributed by atoms with E-state index in [4.69, 9.17) is 0 Å². The summed E-state index contributed by atoms with van der Waals surface area (Å²) in [4.78, 5) is 0. The van der Waals surface area contributed by atoms with Crippen LogP contribution in [0.2, 0.25) is 0 Å². The molecule has 0 saturated heterocycles. The number of aromatic hydroxyl groups is 1. The zero-order chi connectivity index (χ0) is 13.8. The van der Waals surface area contributed by atoms with Crippen molar-refractivity contribution in [2.45, 2.75) is 33.4 Å². The number of hydrogen-bond donors (Lipinski definition) is 2. The van der Waals surface area contributed by atoms with Gasteiger partial charge in [0.1, 0.15) is 5.75 Å². The Labute approximate surface area is 115 Å². The van der Waals surface area contributed by atoms with E-state index in [0.717, 1.165) is 17.7 Å². The molecule has 2 rings (SSSR count). The molecule has 0 bridgehead atoms. The second kappa shape index (κ2) is 5.89. The summed E-state index contributed by atoms with van der Waals surface area (Å²) in [6, 6.07) is 14.4. The van der Waals surface area contributed by atoms with Crippen LogP contribution in [0.5, 0.6) is 5.75 Å². The Morgan fingerprint density at radius 1 is 1.05 bits per heavy atom. The molecule has 0 radical (unpaired) electrons. The predicted octanol–water partition coefficient (Wildman–Crippen LogP) is 3.86. The first-order valence-corrected chi connectivity index (χ1v) is 6.64. The van der Waals surface area contributed by atoms with Crippen LogP contribution >= 0.6 is 0 Å². The van der Waals surface area contributed by atoms with Crippen LogP contribution in [-0.4, -0.2) is 5.11 Å². The van der Waals surface area contributed by atoms with Crippen LogP contribution < -0.4 is 5.32 Å². The molecule has 100 valence electrons. The van der Waals surface area contributed by atoms with Crippen LogP contribution in [-0.2, 0) is 6.54 Å². The van der Waals surface area contributed by atoms with Gasteiger partial charge in [0.2, 0.25) is 0 Å². The number of hydrogen-bond acceptors (Lipinski definition) is 2. The minimum Gasteiger partial charge on any atom is -0.508 e. The zero-order valence-electron chi connectivity index (χ0n) is 11.8. The molecule has 0 heterocycles. The SMILES string of the molecule is Cc1cccc(CNC(C)c2ccc(C)cc2O)c1. The summed E-state index contributed by atoms with van der Waals surface area (Å²) in [6.07, 6.45) is 0. The van der Waals surface area contributed by atoms with Gasteiger partial charge in [0, 0.05) is 18.2 Å². The fourth-order valence-electron chi connectivity index (χ4n) is 2.22. The Balaban J connectivity index is 2.03. The molecule has 0 aliphatic heterocycles. The first-order valence-electron chi connectivity index (χ1n) is 6.64. The Bertz CT molecular complexity index is 563. The topological polar surface area (TPSA) is 32.3 Å². The molecule has 1 unspecified atom stereocenters. The van der Waals surface area contributed by atoms with Crippen molar-refractivity contribution < 1.29 is 5.11 Å². The first-order chi connectivity index (χ1) is 9.06. The minimum absolute atomic E-state index is 0.126. The molecule has 0 spiro atoms. The van der Waals surface area contributed by atoms with Gasteiger partial charge in [0.05, 0.1) is 0 Å². The number of benzene rings is 2. The van der Waals surface area contributed by atoms with Crippen LogP contribution in [0.15, 0.2) is 42.5 Å². The summed E-state index contributed by atoms with van der Waals surface area (Å²) in [5.74, 6) is 0.365. The van der Waals surface area contributed by atoms with E-state index in [0.29, 0.717) is 5.75 Å². The van der Waals surface area contributed by atoms with Crippen LogP contribution in [0, 0.1) is 13.8 Å². The van der Waals surface area contributed by atoms with Crippen LogP contribution in [0.3, 0.4) is 0 Å². The average Bonchev–Trinajstić information content (AvgIpc) is 2.36. The lowest BCUT2D eigenvalue weighted by Gasteiger charge is -2.16. The molecular formula is C17H21NO. The van der Waals surface area contributed by atoms with Crippen molar-refractivity contribution in [1.29, 1.82) is 0 Å². The molecule has 19 heavy (non-hydrogen) atoms. The maximum absolute atomic E-state index is 9.96. The number of phenols is 1. The highest BCUT2D eigenvalue weighted by atomic mass is 16.3. The number of rotatable bonds is 4. The number of phenolic OH excluding ortho intramolecular Hbond substituents is 1. The maximum Gasteiger partial charge on any atom is 0.120 e. The van der Waals surface area contributed by atoms with E-state index in [1.54, 1.807) is 6.07 Å². The Morgan fingerprint density at radius 3 is 2.47 bits per heavy atom. The summed E-state index contributed by atoms with van der Waals surface area (Å²) in [7, 11) is 0. The van der Waals surface area contributed by atoms with Gasteiger partial charge in [0.15, 0.2) is 0 Å². The molecule has 0 fully saturated rings. The van der Waals surface area contributed by atoms with Gasteiger partial charge in [-0.2, -0.15) is 0 Å². The van der Waals surface area contributed by atoms with Crippen molar-refractivity contribution >= 4 is 0 Å². The molecule has 0 aliphatic rings. The second-order valence-electron chi connectivity index (χ2n) is 5.15. The highest BCUT2D eigenvalue weighted by Gasteiger charge is 2.09. The molecule has 2 nitrogen and oxygen atoms in total. The Kier molecular flexibility index (Phi) is 4.23. The molecule has 2 aromatic rings. The van der Waals surface area contributed by atoms with Crippen molar-refractivity contribution in [2.75, 3.05) is 0 Å². The lowest BCUT2D eigenvalue weighted by atomic mass is 10.0. The van der Waals surface area contributed by atoms with Gasteiger partial charge >= 0.3 is 0 Å². The van der Waals surface area contributed by atoms with Crippen molar-refractivity contribution in [2.24, 2.45) is 0 Å². The van der Waals surface area contributed by atoms with Gasteiger partial charge in [-0.3, -0.25) is 0 Å². The van der Waals surface area contributed by atoms with Gasteiger partial charge in [-0.1, -0.05) is 42.0 Å². The van der Waals surface area contributed by atoms with Crippen molar-refractivity contribution in [3.63, 3.8) is 0 Å². The van der Waals surface area contributed by atoms with Crippen molar-refractivity contribution in [3.05, 3.63) is 64.7 Å². The lowest BCUT2D eigenvalue weighted by Crippen LogP contribution is -2.18. The summed E-state index contributed by atoms with van der Waals surface area (Å²) in [5, 5.41) is 13.4. The second-order valence-corrected chi connectivity index (χ2v) is 5.15. The summed E-state index contributed by atoms with van der Waals surface area (Å²) in [5.41, 5.74) is 4.55. The fraction of sp³-hybridized carbons (Fsp3) is 0.294. The molecule has 2 N–H and O–H groups in total. The normalized spacial score (nSPS) is 12.4. The Morgan fingerprint density at radius 2 is 1.79 bits per heavy atom. The van der Waals surface area contributed by atoms with E-state index in [2.05, 4.69) is 43.4 Å². The monoisotopic (exact) mass is 255 g/mol. The smallest absolute Gasteiger partial charge is 0.120 e. The standard InChI is InChI=1S/C17H21NO/c1-12-5-4-6-15(9-12)11-18-14(3)16-8-7-13(2)10-17(16)19/h4-10,14,18-19H,11H2,1-3H3. The van der Waals surface area contributed by atoms with E-state index in [-0.39, 0.29) is 6.04 Å². The quantitative estimate of drug-likeness (QED) is 0.869. The van der Waals surface area contributed by atoms with E-state index in [1.165, 1.54) is 11.1 Å². The van der Waals surface area contributed by atoms with Gasteiger partial charge in [0.25, 0.3) is 0 Å². The molecule has 1 atom stereocenters. The summed E-state index contributed by atoms with van der Waals surface area (Å²) < 4.78 is 0. The van der Waals surface area contributed by atoms with E-state index >= 15 is 0 Å². The van der Waals surface area contributed by atoms with Crippen molar-refractivity contribution in [1.82, 2.24) is 5.32 Å². The van der Waals surface area contributed by atoms with Crippen LogP contribution in [0.4, 0.5) is 0 Å². The highest BCUT2D eigenvalue weighted by Crippen LogP contribution is 2.25. The van der Waals surface area contributed by atoms with E-state index < -0.39 is 0 Å². The third-order valence-corrected chi connectivity index (χ3v) is 3.35. The zero-order valence-corrected chi connectivity index (χ0v) is 11.8. The average molecular weight is 255 g/mol. The number of aryl methyl sites for hydroxylation is 2. The van der Waals surface area contributed by atoms with Gasteiger partial charge in [-0.25, -0.2) is 0 Å². The van der Waals surface area contributed by atoms with E-state index in [9.17, 15) is 5.11 Å². The molecule has 0 saturated carbocycles. The maximum atomic E-state index is 9.96. The van der Waals surface area contributed by atoms with Crippen LogP contribution in [0.1, 0.15) is 35.2 Å². The first kappa shape index (κ1) is 13.6. The molecule has 2 aromatic carbocycles. The molecule has 0 amide bonds. The highest BCUT2D eigenvalue weighted by molar-refractivity contribution is 5.37. The predicted molar refractivity (Wildman–Crippen MR) is 79.3 cm³/mol.